The van der Waals surface area contributed by atoms with Crippen molar-refractivity contribution in [3.05, 3.63) is 75.8 Å². The summed E-state index contributed by atoms with van der Waals surface area (Å²) in [6, 6.07) is 14.3. The third-order valence-electron chi connectivity index (χ3n) is 4.95. The zero-order valence-electron chi connectivity index (χ0n) is 18.0. The molecular formula is C23H18N4O6S. The number of benzene rings is 3. The average Bonchev–Trinajstić information content (AvgIpc) is 3.24. The number of thiocarbonyl (C=S) groups is 1. The molecular weight excluding hydrogens is 460 g/mol. The van der Waals surface area contributed by atoms with Crippen LogP contribution >= 0.6 is 12.2 Å². The van der Waals surface area contributed by atoms with Crippen LogP contribution in [0.15, 0.2) is 59.0 Å². The fraction of sp³-hybridized carbons (Fsp3) is 0.0870. The summed E-state index contributed by atoms with van der Waals surface area (Å²) in [7, 11) is 1.30. The summed E-state index contributed by atoms with van der Waals surface area (Å²) in [6.07, 6.45) is 0. The van der Waals surface area contributed by atoms with Gasteiger partial charge in [-0.3, -0.25) is 20.2 Å². The molecule has 1 heterocycles. The molecule has 0 aliphatic carbocycles. The molecule has 0 unspecified atom stereocenters. The minimum absolute atomic E-state index is 0.00222. The lowest BCUT2D eigenvalue weighted by atomic mass is 10.1. The Kier molecular flexibility index (Phi) is 6.11. The van der Waals surface area contributed by atoms with Crippen LogP contribution in [0.3, 0.4) is 0 Å². The van der Waals surface area contributed by atoms with E-state index in [9.17, 15) is 20.0 Å². The van der Waals surface area contributed by atoms with Crippen molar-refractivity contribution in [2.75, 3.05) is 12.4 Å². The van der Waals surface area contributed by atoms with Crippen molar-refractivity contribution in [2.45, 2.75) is 6.92 Å². The maximum absolute atomic E-state index is 12.6. The third-order valence-corrected chi connectivity index (χ3v) is 5.15. The molecule has 1 amide bonds. The standard InChI is InChI=1S/C23H18N4O6S/c1-12-9-14(11-15(20(12)28)22-25-16-5-3-4-6-18(16)33-22)24-23(34)26-21(29)13-7-8-19(32-2)17(10-13)27(30)31/h3-11,28H,1-2H3,(H2,24,26,29,34). The van der Waals surface area contributed by atoms with Gasteiger partial charge in [-0.25, -0.2) is 4.98 Å². The van der Waals surface area contributed by atoms with E-state index in [0.717, 1.165) is 6.07 Å². The topological polar surface area (TPSA) is 140 Å². The van der Waals surface area contributed by atoms with Crippen molar-refractivity contribution in [2.24, 2.45) is 0 Å². The number of hydrogen-bond acceptors (Lipinski definition) is 8. The number of fused-ring (bicyclic) bond motifs is 1. The normalized spacial score (nSPS) is 10.6. The number of aryl methyl sites for hydroxylation is 1. The monoisotopic (exact) mass is 478 g/mol. The van der Waals surface area contributed by atoms with Crippen molar-refractivity contribution >= 4 is 45.7 Å². The number of aromatic nitrogens is 1. The Labute approximate surface area is 198 Å². The highest BCUT2D eigenvalue weighted by atomic mass is 32.1. The van der Waals surface area contributed by atoms with E-state index >= 15 is 0 Å². The predicted octanol–water partition coefficient (Wildman–Crippen LogP) is 4.55. The maximum Gasteiger partial charge on any atom is 0.311 e. The van der Waals surface area contributed by atoms with Gasteiger partial charge in [0.25, 0.3) is 5.91 Å². The fourth-order valence-corrected chi connectivity index (χ4v) is 3.52. The number of rotatable bonds is 5. The van der Waals surface area contributed by atoms with Crippen molar-refractivity contribution in [3.63, 3.8) is 0 Å². The zero-order valence-corrected chi connectivity index (χ0v) is 18.8. The quantitative estimate of drug-likeness (QED) is 0.163. The smallest absolute Gasteiger partial charge is 0.311 e. The van der Waals surface area contributed by atoms with Crippen molar-refractivity contribution < 1.29 is 24.0 Å². The minimum atomic E-state index is -0.641. The molecule has 34 heavy (non-hydrogen) atoms. The van der Waals surface area contributed by atoms with Crippen LogP contribution in [-0.4, -0.2) is 33.1 Å². The van der Waals surface area contributed by atoms with Crippen LogP contribution in [0, 0.1) is 17.0 Å². The first kappa shape index (κ1) is 22.7. The number of anilines is 1. The van der Waals surface area contributed by atoms with Gasteiger partial charge in [0.15, 0.2) is 16.4 Å². The molecule has 0 radical (unpaired) electrons. The maximum atomic E-state index is 12.6. The van der Waals surface area contributed by atoms with Crippen molar-refractivity contribution in [1.82, 2.24) is 10.3 Å². The number of carbonyl (C=O) groups excluding carboxylic acids is 1. The number of carbonyl (C=O) groups is 1. The van der Waals surface area contributed by atoms with Crippen LogP contribution in [0.2, 0.25) is 0 Å². The highest BCUT2D eigenvalue weighted by Crippen LogP contribution is 2.36. The Hall–Kier alpha value is -4.51. The average molecular weight is 478 g/mol. The van der Waals surface area contributed by atoms with E-state index in [1.54, 1.807) is 31.2 Å². The molecule has 0 atom stereocenters. The van der Waals surface area contributed by atoms with Crippen LogP contribution in [0.25, 0.3) is 22.6 Å². The van der Waals surface area contributed by atoms with Crippen LogP contribution in [0.1, 0.15) is 15.9 Å². The molecule has 172 valence electrons. The van der Waals surface area contributed by atoms with Gasteiger partial charge in [-0.2, -0.15) is 0 Å². The Balaban J connectivity index is 1.55. The molecule has 3 aromatic carbocycles. The van der Waals surface area contributed by atoms with Gasteiger partial charge in [0, 0.05) is 17.3 Å². The number of phenolic OH excluding ortho intramolecular Hbond substituents is 1. The number of methoxy groups -OCH3 is 1. The molecule has 10 nitrogen and oxygen atoms in total. The number of aromatic hydroxyl groups is 1. The second-order valence-electron chi connectivity index (χ2n) is 7.23. The van der Waals surface area contributed by atoms with Gasteiger partial charge in [0.2, 0.25) is 5.89 Å². The first-order valence-electron chi connectivity index (χ1n) is 9.91. The number of hydrogen-bond donors (Lipinski definition) is 3. The lowest BCUT2D eigenvalue weighted by molar-refractivity contribution is -0.385. The molecule has 0 saturated carbocycles. The summed E-state index contributed by atoms with van der Waals surface area (Å²) >= 11 is 5.23. The molecule has 0 spiro atoms. The lowest BCUT2D eigenvalue weighted by Crippen LogP contribution is -2.34. The molecule has 4 rings (SSSR count). The summed E-state index contributed by atoms with van der Waals surface area (Å²) in [5.41, 5.74) is 2.25. The fourth-order valence-electron chi connectivity index (χ4n) is 3.31. The van der Waals surface area contributed by atoms with Crippen molar-refractivity contribution in [3.8, 4) is 23.0 Å². The van der Waals surface area contributed by atoms with Crippen molar-refractivity contribution in [1.29, 1.82) is 0 Å². The minimum Gasteiger partial charge on any atom is -0.507 e. The number of ether oxygens (including phenoxy) is 1. The van der Waals surface area contributed by atoms with Crippen LogP contribution in [0.4, 0.5) is 11.4 Å². The number of nitro benzene ring substituents is 1. The highest BCUT2D eigenvalue weighted by Gasteiger charge is 2.20. The second-order valence-corrected chi connectivity index (χ2v) is 7.64. The summed E-state index contributed by atoms with van der Waals surface area (Å²) in [5, 5.41) is 27.1. The van der Waals surface area contributed by atoms with Gasteiger partial charge in [-0.15, -0.1) is 0 Å². The van der Waals surface area contributed by atoms with E-state index in [1.807, 2.05) is 12.1 Å². The number of nitro groups is 1. The number of oxazole rings is 1. The number of nitrogens with one attached hydrogen (secondary N) is 2. The van der Waals surface area contributed by atoms with Gasteiger partial charge < -0.3 is 19.6 Å². The van der Waals surface area contributed by atoms with Crippen LogP contribution in [0.5, 0.6) is 11.5 Å². The molecule has 1 aromatic heterocycles. The molecule has 0 fully saturated rings. The largest absolute Gasteiger partial charge is 0.507 e. The molecule has 0 bridgehead atoms. The van der Waals surface area contributed by atoms with E-state index < -0.39 is 10.8 Å². The summed E-state index contributed by atoms with van der Waals surface area (Å²) in [4.78, 5) is 27.5. The Bertz CT molecular complexity index is 1420. The summed E-state index contributed by atoms with van der Waals surface area (Å²) < 4.78 is 10.7. The first-order chi connectivity index (χ1) is 16.3. The van der Waals surface area contributed by atoms with Crippen LogP contribution in [-0.2, 0) is 0 Å². The van der Waals surface area contributed by atoms with Gasteiger partial charge in [0.05, 0.1) is 17.6 Å². The number of amides is 1. The van der Waals surface area contributed by atoms with E-state index in [1.165, 1.54) is 19.2 Å². The van der Waals surface area contributed by atoms with E-state index in [2.05, 4.69) is 15.6 Å². The zero-order chi connectivity index (χ0) is 24.4. The summed E-state index contributed by atoms with van der Waals surface area (Å²) in [5.74, 6) is -0.380. The highest BCUT2D eigenvalue weighted by molar-refractivity contribution is 7.80. The molecule has 0 aliphatic heterocycles. The number of phenols is 1. The third kappa shape index (κ3) is 4.50. The van der Waals surface area contributed by atoms with Gasteiger partial charge in [-0.05, 0) is 61.1 Å². The SMILES string of the molecule is COc1ccc(C(=O)NC(=S)Nc2cc(C)c(O)c(-c3nc4ccccc4o3)c2)cc1[N+](=O)[O-]. The van der Waals surface area contributed by atoms with Crippen LogP contribution < -0.4 is 15.4 Å². The number of para-hydroxylation sites is 2. The van der Waals surface area contributed by atoms with E-state index in [0.29, 0.717) is 27.9 Å². The molecule has 0 aliphatic rings. The molecule has 3 N–H and O–H groups in total. The van der Waals surface area contributed by atoms with E-state index in [4.69, 9.17) is 21.4 Å². The summed E-state index contributed by atoms with van der Waals surface area (Å²) in [6.45, 7) is 1.70. The van der Waals surface area contributed by atoms with Gasteiger partial charge >= 0.3 is 5.69 Å². The second kappa shape index (κ2) is 9.16. The molecule has 4 aromatic rings. The lowest BCUT2D eigenvalue weighted by Gasteiger charge is -2.13. The molecule has 0 saturated heterocycles. The Morgan fingerprint density at radius 3 is 2.68 bits per heavy atom. The first-order valence-corrected chi connectivity index (χ1v) is 10.3. The number of nitrogens with zero attached hydrogens (tertiary/aromatic N) is 2. The molecule has 11 heteroatoms. The Morgan fingerprint density at radius 1 is 1.21 bits per heavy atom. The predicted molar refractivity (Wildman–Crippen MR) is 129 cm³/mol. The van der Waals surface area contributed by atoms with Gasteiger partial charge in [-0.1, -0.05) is 12.1 Å². The van der Waals surface area contributed by atoms with E-state index in [-0.39, 0.29) is 33.8 Å². The van der Waals surface area contributed by atoms with Gasteiger partial charge in [0.1, 0.15) is 11.3 Å². The Morgan fingerprint density at radius 2 is 1.97 bits per heavy atom.